The fraction of sp³-hybridized carbons (Fsp3) is 0.135. The highest BCUT2D eigenvalue weighted by Gasteiger charge is 2.55. The SMILES string of the molecule is c1ccc(N2C3=C(N4c5ccccc5Oc5cccc2c54)C2(CCCC2)c2ccc4sc5ccccc5c4c23)cc1. The Morgan fingerprint density at radius 3 is 2.29 bits per heavy atom. The zero-order valence-electron chi connectivity index (χ0n) is 22.4. The minimum atomic E-state index is -0.0514. The summed E-state index contributed by atoms with van der Waals surface area (Å²) in [7, 11) is 0. The molecule has 0 saturated heterocycles. The summed E-state index contributed by atoms with van der Waals surface area (Å²) < 4.78 is 9.33. The van der Waals surface area contributed by atoms with Gasteiger partial charge in [-0.25, -0.2) is 0 Å². The molecule has 1 spiro atoms. The average Bonchev–Trinajstić information content (AvgIpc) is 3.73. The van der Waals surface area contributed by atoms with Crippen LogP contribution in [0.15, 0.2) is 115 Å². The molecule has 0 N–H and O–H groups in total. The number of thiophene rings is 1. The Balaban J connectivity index is 1.42. The summed E-state index contributed by atoms with van der Waals surface area (Å²) in [6, 6.07) is 39.9. The van der Waals surface area contributed by atoms with Gasteiger partial charge in [0, 0.05) is 36.8 Å². The van der Waals surface area contributed by atoms with Crippen LogP contribution in [0.4, 0.5) is 22.7 Å². The fourth-order valence-corrected chi connectivity index (χ4v) is 9.23. The highest BCUT2D eigenvalue weighted by Crippen LogP contribution is 2.68. The molecule has 1 aromatic heterocycles. The van der Waals surface area contributed by atoms with Crippen molar-refractivity contribution < 1.29 is 4.74 Å². The van der Waals surface area contributed by atoms with Gasteiger partial charge in [0.1, 0.15) is 5.69 Å². The van der Waals surface area contributed by atoms with Gasteiger partial charge in [-0.15, -0.1) is 11.3 Å². The maximum atomic E-state index is 6.61. The van der Waals surface area contributed by atoms with Gasteiger partial charge in [0.05, 0.1) is 22.8 Å². The summed E-state index contributed by atoms with van der Waals surface area (Å²) in [5.74, 6) is 1.84. The van der Waals surface area contributed by atoms with E-state index in [9.17, 15) is 0 Å². The molecule has 3 heterocycles. The summed E-state index contributed by atoms with van der Waals surface area (Å²) in [4.78, 5) is 5.13. The minimum Gasteiger partial charge on any atom is -0.453 e. The van der Waals surface area contributed by atoms with Gasteiger partial charge < -0.3 is 14.5 Å². The third-order valence-electron chi connectivity index (χ3n) is 9.66. The molecule has 0 amide bonds. The fourth-order valence-electron chi connectivity index (χ4n) is 8.12. The predicted octanol–water partition coefficient (Wildman–Crippen LogP) is 10.6. The van der Waals surface area contributed by atoms with E-state index in [-0.39, 0.29) is 5.41 Å². The highest BCUT2D eigenvalue weighted by atomic mass is 32.1. The van der Waals surface area contributed by atoms with Crippen LogP contribution in [-0.4, -0.2) is 0 Å². The maximum absolute atomic E-state index is 6.61. The van der Waals surface area contributed by atoms with Crippen LogP contribution in [0.5, 0.6) is 11.5 Å². The number of anilines is 4. The van der Waals surface area contributed by atoms with Gasteiger partial charge >= 0.3 is 0 Å². The Morgan fingerprint density at radius 2 is 1.39 bits per heavy atom. The lowest BCUT2D eigenvalue weighted by Crippen LogP contribution is -2.38. The standard InChI is InChI=1S/C37H26N2OS/c1-2-11-23(12-3-1)38-27-15-10-17-29-34(27)39(26-14-5-6-16-28(26)40-29)36-35(38)33-25(37(36)21-8-9-22-37)19-20-31-32(33)24-13-4-7-18-30(24)41-31/h1-7,10-20H,8-9,21-22H2. The molecule has 196 valence electrons. The van der Waals surface area contributed by atoms with Crippen LogP contribution in [0.25, 0.3) is 25.9 Å². The van der Waals surface area contributed by atoms with Crippen molar-refractivity contribution >= 4 is 60.0 Å². The van der Waals surface area contributed by atoms with E-state index in [4.69, 9.17) is 4.74 Å². The molecule has 0 bridgehead atoms. The summed E-state index contributed by atoms with van der Waals surface area (Å²) >= 11 is 1.91. The van der Waals surface area contributed by atoms with Crippen LogP contribution in [0.2, 0.25) is 0 Å². The molecule has 4 heteroatoms. The Morgan fingerprint density at radius 1 is 0.634 bits per heavy atom. The molecule has 0 atom stereocenters. The van der Waals surface area contributed by atoms with Crippen molar-refractivity contribution in [3.05, 3.63) is 126 Å². The van der Waals surface area contributed by atoms with Gasteiger partial charge in [0.2, 0.25) is 0 Å². The molecule has 5 aromatic carbocycles. The third kappa shape index (κ3) is 2.69. The van der Waals surface area contributed by atoms with Gasteiger partial charge in [0.25, 0.3) is 0 Å². The summed E-state index contributed by atoms with van der Waals surface area (Å²) in [6.45, 7) is 0. The van der Waals surface area contributed by atoms with Crippen molar-refractivity contribution in [3.63, 3.8) is 0 Å². The number of allylic oxidation sites excluding steroid dienone is 1. The summed E-state index contributed by atoms with van der Waals surface area (Å²) in [6.07, 6.45) is 4.80. The number of hydrogen-bond acceptors (Lipinski definition) is 4. The zero-order valence-corrected chi connectivity index (χ0v) is 23.2. The van der Waals surface area contributed by atoms with Crippen molar-refractivity contribution in [2.24, 2.45) is 0 Å². The smallest absolute Gasteiger partial charge is 0.153 e. The molecule has 0 radical (unpaired) electrons. The van der Waals surface area contributed by atoms with Gasteiger partial charge in [-0.2, -0.15) is 0 Å². The minimum absolute atomic E-state index is 0.0514. The van der Waals surface area contributed by atoms with E-state index in [0.717, 1.165) is 35.7 Å². The van der Waals surface area contributed by atoms with Crippen molar-refractivity contribution in [2.45, 2.75) is 31.1 Å². The number of hydrogen-bond donors (Lipinski definition) is 0. The molecule has 1 saturated carbocycles. The van der Waals surface area contributed by atoms with Gasteiger partial charge in [-0.05, 0) is 66.9 Å². The molecule has 1 fully saturated rings. The summed E-state index contributed by atoms with van der Waals surface area (Å²) in [5.41, 5.74) is 10.3. The van der Waals surface area contributed by atoms with E-state index in [0.29, 0.717) is 0 Å². The quantitative estimate of drug-likeness (QED) is 0.204. The number of para-hydroxylation sites is 4. The van der Waals surface area contributed by atoms with E-state index >= 15 is 0 Å². The lowest BCUT2D eigenvalue weighted by atomic mass is 9.77. The van der Waals surface area contributed by atoms with Crippen LogP contribution < -0.4 is 14.5 Å². The lowest BCUT2D eigenvalue weighted by Gasteiger charge is -2.46. The van der Waals surface area contributed by atoms with Crippen molar-refractivity contribution in [1.82, 2.24) is 0 Å². The van der Waals surface area contributed by atoms with Crippen molar-refractivity contribution in [2.75, 3.05) is 9.80 Å². The van der Waals surface area contributed by atoms with E-state index in [1.54, 1.807) is 0 Å². The van der Waals surface area contributed by atoms with Crippen LogP contribution in [0.3, 0.4) is 0 Å². The number of benzene rings is 5. The van der Waals surface area contributed by atoms with E-state index in [1.165, 1.54) is 66.9 Å². The Bertz CT molecular complexity index is 2100. The number of ether oxygens (including phenoxy) is 1. The van der Waals surface area contributed by atoms with Crippen molar-refractivity contribution in [1.29, 1.82) is 0 Å². The normalized spacial score (nSPS) is 17.6. The van der Waals surface area contributed by atoms with Gasteiger partial charge in [-0.3, -0.25) is 0 Å². The number of fused-ring (bicyclic) bond motifs is 11. The Hall–Kier alpha value is -4.54. The first-order chi connectivity index (χ1) is 20.3. The van der Waals surface area contributed by atoms with E-state index in [2.05, 4.69) is 119 Å². The topological polar surface area (TPSA) is 15.7 Å². The number of nitrogens with zero attached hydrogens (tertiary/aromatic N) is 2. The molecule has 4 aliphatic rings. The second-order valence-corrected chi connectivity index (χ2v) is 12.7. The first kappa shape index (κ1) is 22.2. The van der Waals surface area contributed by atoms with E-state index < -0.39 is 0 Å². The third-order valence-corrected chi connectivity index (χ3v) is 10.8. The molecular formula is C37H26N2OS. The Labute approximate surface area is 242 Å². The van der Waals surface area contributed by atoms with Gasteiger partial charge in [-0.1, -0.05) is 73.5 Å². The van der Waals surface area contributed by atoms with E-state index in [1.807, 2.05) is 11.3 Å². The van der Waals surface area contributed by atoms with Crippen LogP contribution in [0.1, 0.15) is 36.8 Å². The van der Waals surface area contributed by atoms with Crippen molar-refractivity contribution in [3.8, 4) is 11.5 Å². The van der Waals surface area contributed by atoms with Gasteiger partial charge in [0.15, 0.2) is 11.5 Å². The molecule has 10 rings (SSSR count). The summed E-state index contributed by atoms with van der Waals surface area (Å²) in [5, 5.41) is 2.77. The maximum Gasteiger partial charge on any atom is 0.153 e. The highest BCUT2D eigenvalue weighted by molar-refractivity contribution is 7.25. The second kappa shape index (κ2) is 7.80. The van der Waals surface area contributed by atoms with Crippen LogP contribution in [0, 0.1) is 0 Å². The molecule has 3 nitrogen and oxygen atoms in total. The monoisotopic (exact) mass is 546 g/mol. The first-order valence-corrected chi connectivity index (χ1v) is 15.4. The molecule has 2 aliphatic carbocycles. The molecular weight excluding hydrogens is 520 g/mol. The second-order valence-electron chi connectivity index (χ2n) is 11.6. The average molecular weight is 547 g/mol. The molecule has 0 unspecified atom stereocenters. The molecule has 41 heavy (non-hydrogen) atoms. The lowest BCUT2D eigenvalue weighted by molar-refractivity contribution is 0.466. The number of rotatable bonds is 1. The Kier molecular flexibility index (Phi) is 4.22. The molecule has 2 aliphatic heterocycles. The van der Waals surface area contributed by atoms with Crippen LogP contribution >= 0.6 is 11.3 Å². The largest absolute Gasteiger partial charge is 0.453 e. The predicted molar refractivity (Wildman–Crippen MR) is 170 cm³/mol. The first-order valence-electron chi connectivity index (χ1n) is 14.6. The molecule has 6 aromatic rings. The zero-order chi connectivity index (χ0) is 26.7. The van der Waals surface area contributed by atoms with Crippen LogP contribution in [-0.2, 0) is 5.41 Å².